The van der Waals surface area contributed by atoms with Gasteiger partial charge in [0.15, 0.2) is 0 Å². The molecule has 0 radical (unpaired) electrons. The molecule has 0 unspecified atom stereocenters. The number of hydrogen-bond acceptors (Lipinski definition) is 5. The minimum Gasteiger partial charge on any atom is -0.288 e. The first-order valence-corrected chi connectivity index (χ1v) is 8.05. The molecule has 0 spiro atoms. The molecule has 0 saturated carbocycles. The summed E-state index contributed by atoms with van der Waals surface area (Å²) in [6, 6.07) is 8.47. The van der Waals surface area contributed by atoms with Crippen molar-refractivity contribution in [3.63, 3.8) is 0 Å². The van der Waals surface area contributed by atoms with E-state index in [4.69, 9.17) is 5.21 Å². The van der Waals surface area contributed by atoms with E-state index >= 15 is 0 Å². The standard InChI is InChI=1S/C15H12BrN3O3S/c16-12-7-13(23-9-12)8-17-18-15(21)11-4-1-10(2-5-11)3-6-14(20)19-22/h1-9,22H,(H,18,21)(H,19,20)/b6-3+,17-8+. The van der Waals surface area contributed by atoms with Crippen LogP contribution in [0.15, 0.2) is 51.4 Å². The number of hydrogen-bond donors (Lipinski definition) is 3. The van der Waals surface area contributed by atoms with Crippen LogP contribution in [0.1, 0.15) is 20.8 Å². The summed E-state index contributed by atoms with van der Waals surface area (Å²) in [5.74, 6) is -0.957. The van der Waals surface area contributed by atoms with Gasteiger partial charge < -0.3 is 0 Å². The molecule has 1 aromatic carbocycles. The van der Waals surface area contributed by atoms with Gasteiger partial charge in [-0.05, 0) is 45.8 Å². The van der Waals surface area contributed by atoms with Crippen molar-refractivity contribution in [3.05, 3.63) is 62.3 Å². The maximum absolute atomic E-state index is 11.9. The van der Waals surface area contributed by atoms with E-state index in [-0.39, 0.29) is 5.91 Å². The van der Waals surface area contributed by atoms with Gasteiger partial charge in [0.25, 0.3) is 11.8 Å². The molecule has 2 rings (SSSR count). The van der Waals surface area contributed by atoms with E-state index in [0.717, 1.165) is 14.9 Å². The Hall–Kier alpha value is -2.29. The molecule has 0 aliphatic rings. The molecule has 1 aromatic heterocycles. The molecule has 23 heavy (non-hydrogen) atoms. The highest BCUT2D eigenvalue weighted by molar-refractivity contribution is 9.10. The van der Waals surface area contributed by atoms with E-state index in [9.17, 15) is 9.59 Å². The van der Waals surface area contributed by atoms with Gasteiger partial charge in [-0.15, -0.1) is 11.3 Å². The van der Waals surface area contributed by atoms with Gasteiger partial charge in [0.05, 0.1) is 6.21 Å². The van der Waals surface area contributed by atoms with Crippen LogP contribution in [-0.2, 0) is 4.79 Å². The van der Waals surface area contributed by atoms with Crippen LogP contribution < -0.4 is 10.9 Å². The van der Waals surface area contributed by atoms with Gasteiger partial charge in [-0.25, -0.2) is 10.9 Å². The number of rotatable bonds is 5. The molecule has 0 atom stereocenters. The fourth-order valence-electron chi connectivity index (χ4n) is 1.57. The van der Waals surface area contributed by atoms with Crippen LogP contribution >= 0.6 is 27.3 Å². The zero-order valence-corrected chi connectivity index (χ0v) is 14.1. The third kappa shape index (κ3) is 5.44. The van der Waals surface area contributed by atoms with Gasteiger partial charge in [0.2, 0.25) is 0 Å². The van der Waals surface area contributed by atoms with Crippen molar-refractivity contribution in [2.45, 2.75) is 0 Å². The van der Waals surface area contributed by atoms with Crippen molar-refractivity contribution in [2.75, 3.05) is 0 Å². The Morgan fingerprint density at radius 2 is 2.00 bits per heavy atom. The zero-order chi connectivity index (χ0) is 16.7. The minimum atomic E-state index is -0.624. The lowest BCUT2D eigenvalue weighted by molar-refractivity contribution is -0.124. The Kier molecular flexibility index (Phi) is 6.21. The predicted molar refractivity (Wildman–Crippen MR) is 92.5 cm³/mol. The van der Waals surface area contributed by atoms with Gasteiger partial charge in [-0.2, -0.15) is 5.10 Å². The van der Waals surface area contributed by atoms with Crippen LogP contribution in [0.25, 0.3) is 6.08 Å². The summed E-state index contributed by atoms with van der Waals surface area (Å²) in [6.07, 6.45) is 4.26. The molecule has 118 valence electrons. The van der Waals surface area contributed by atoms with Crippen molar-refractivity contribution in [1.82, 2.24) is 10.9 Å². The number of nitrogens with one attached hydrogen (secondary N) is 2. The molecule has 1 heterocycles. The largest absolute Gasteiger partial charge is 0.288 e. The summed E-state index contributed by atoms with van der Waals surface area (Å²) < 4.78 is 0.966. The number of carbonyl (C=O) groups is 2. The molecule has 0 bridgehead atoms. The van der Waals surface area contributed by atoms with Gasteiger partial charge in [-0.1, -0.05) is 12.1 Å². The fourth-order valence-corrected chi connectivity index (χ4v) is 2.87. The molecule has 0 saturated heterocycles. The Morgan fingerprint density at radius 3 is 2.61 bits per heavy atom. The summed E-state index contributed by atoms with van der Waals surface area (Å²) in [5, 5.41) is 14.2. The molecule has 0 aliphatic heterocycles. The van der Waals surface area contributed by atoms with Crippen molar-refractivity contribution < 1.29 is 14.8 Å². The number of hydrazone groups is 1. The number of carbonyl (C=O) groups excluding carboxylic acids is 2. The van der Waals surface area contributed by atoms with Crippen molar-refractivity contribution in [2.24, 2.45) is 5.10 Å². The highest BCUT2D eigenvalue weighted by Gasteiger charge is 2.03. The van der Waals surface area contributed by atoms with Crippen LogP contribution in [0.3, 0.4) is 0 Å². The highest BCUT2D eigenvalue weighted by Crippen LogP contribution is 2.17. The van der Waals surface area contributed by atoms with Gasteiger partial charge in [0, 0.05) is 26.4 Å². The first-order chi connectivity index (χ1) is 11.1. The number of nitrogens with zero attached hydrogens (tertiary/aromatic N) is 1. The summed E-state index contributed by atoms with van der Waals surface area (Å²) in [5.41, 5.74) is 5.10. The van der Waals surface area contributed by atoms with Crippen molar-refractivity contribution in [1.29, 1.82) is 0 Å². The van der Waals surface area contributed by atoms with E-state index in [0.29, 0.717) is 5.56 Å². The predicted octanol–water partition coefficient (Wildman–Crippen LogP) is 2.79. The van der Waals surface area contributed by atoms with E-state index in [1.807, 2.05) is 11.4 Å². The third-order valence-corrected chi connectivity index (χ3v) is 4.28. The first-order valence-electron chi connectivity index (χ1n) is 6.38. The molecule has 2 aromatic rings. The normalized spacial score (nSPS) is 11.0. The Balaban J connectivity index is 1.93. The molecule has 3 N–H and O–H groups in total. The van der Waals surface area contributed by atoms with Crippen LogP contribution in [-0.4, -0.2) is 23.2 Å². The smallest absolute Gasteiger partial charge is 0.271 e. The van der Waals surface area contributed by atoms with E-state index in [1.165, 1.54) is 29.0 Å². The lowest BCUT2D eigenvalue weighted by Crippen LogP contribution is -2.17. The van der Waals surface area contributed by atoms with Gasteiger partial charge in [-0.3, -0.25) is 14.8 Å². The molecule has 0 aliphatic carbocycles. The monoisotopic (exact) mass is 393 g/mol. The van der Waals surface area contributed by atoms with E-state index < -0.39 is 5.91 Å². The quantitative estimate of drug-likeness (QED) is 0.315. The fraction of sp³-hybridized carbons (Fsp3) is 0. The van der Waals surface area contributed by atoms with Crippen LogP contribution in [0, 0.1) is 0 Å². The number of amides is 2. The molecule has 6 nitrogen and oxygen atoms in total. The second-order valence-electron chi connectivity index (χ2n) is 4.30. The zero-order valence-electron chi connectivity index (χ0n) is 11.7. The van der Waals surface area contributed by atoms with E-state index in [2.05, 4.69) is 26.5 Å². The third-order valence-electron chi connectivity index (χ3n) is 2.66. The number of halogens is 1. The Bertz CT molecular complexity index is 754. The first kappa shape index (κ1) is 17.1. The summed E-state index contributed by atoms with van der Waals surface area (Å²) >= 11 is 4.84. The number of thiophene rings is 1. The topological polar surface area (TPSA) is 90.8 Å². The van der Waals surface area contributed by atoms with Gasteiger partial charge >= 0.3 is 0 Å². The van der Waals surface area contributed by atoms with Gasteiger partial charge in [0.1, 0.15) is 0 Å². The lowest BCUT2D eigenvalue weighted by atomic mass is 10.1. The van der Waals surface area contributed by atoms with E-state index in [1.54, 1.807) is 30.5 Å². The maximum Gasteiger partial charge on any atom is 0.271 e. The average molecular weight is 394 g/mol. The second kappa shape index (κ2) is 8.37. The maximum atomic E-state index is 11.9. The lowest BCUT2D eigenvalue weighted by Gasteiger charge is -2.00. The second-order valence-corrected chi connectivity index (χ2v) is 6.16. The minimum absolute atomic E-state index is 0.333. The van der Waals surface area contributed by atoms with Crippen LogP contribution in [0.2, 0.25) is 0 Å². The molecule has 8 heteroatoms. The summed E-state index contributed by atoms with van der Waals surface area (Å²) in [7, 11) is 0. The average Bonchev–Trinajstić information content (AvgIpc) is 2.98. The molecular weight excluding hydrogens is 382 g/mol. The van der Waals surface area contributed by atoms with Crippen molar-refractivity contribution in [3.8, 4) is 0 Å². The summed E-state index contributed by atoms with van der Waals surface area (Å²) in [6.45, 7) is 0. The van der Waals surface area contributed by atoms with Crippen LogP contribution in [0.5, 0.6) is 0 Å². The highest BCUT2D eigenvalue weighted by atomic mass is 79.9. The molecular formula is C15H12BrN3O3S. The van der Waals surface area contributed by atoms with Crippen LogP contribution in [0.4, 0.5) is 0 Å². The molecule has 0 fully saturated rings. The molecule has 2 amide bonds. The Labute approximate surface area is 144 Å². The Morgan fingerprint density at radius 1 is 1.26 bits per heavy atom. The van der Waals surface area contributed by atoms with Crippen molar-refractivity contribution >= 4 is 51.4 Å². The SMILES string of the molecule is O=C(/C=C/c1ccc(C(=O)N/N=C/c2cc(Br)cs2)cc1)NO. The number of benzene rings is 1. The summed E-state index contributed by atoms with van der Waals surface area (Å²) in [4.78, 5) is 23.7. The number of hydroxylamine groups is 1.